The van der Waals surface area contributed by atoms with Gasteiger partial charge in [-0.2, -0.15) is 0 Å². The van der Waals surface area contributed by atoms with E-state index in [0.29, 0.717) is 11.3 Å². The lowest BCUT2D eigenvalue weighted by Gasteiger charge is -2.10. The third-order valence-electron chi connectivity index (χ3n) is 1.96. The van der Waals surface area contributed by atoms with Crippen molar-refractivity contribution in [3.8, 4) is 0 Å². The molecule has 5 heteroatoms. The Balaban J connectivity index is 2.80. The van der Waals surface area contributed by atoms with Gasteiger partial charge in [-0.15, -0.1) is 0 Å². The number of aliphatic hydroxyl groups excluding tert-OH is 1. The van der Waals surface area contributed by atoms with Crippen LogP contribution in [0, 0.1) is 0 Å². The second kappa shape index (κ2) is 5.27. The predicted octanol–water partition coefficient (Wildman–Crippen LogP) is 1.15. The molecular weight excluding hydrogens is 210 g/mol. The van der Waals surface area contributed by atoms with E-state index in [-0.39, 0.29) is 12.3 Å². The molecule has 0 radical (unpaired) electrons. The Kier molecular flexibility index (Phi) is 4.02. The number of hydrogen-bond donors (Lipinski definition) is 3. The summed E-state index contributed by atoms with van der Waals surface area (Å²) in [7, 11) is 0. The summed E-state index contributed by atoms with van der Waals surface area (Å²) in [4.78, 5) is 21.2. The molecule has 0 aliphatic carbocycles. The molecule has 1 rings (SSSR count). The lowest BCUT2D eigenvalue weighted by atomic mass is 10.1. The molecule has 1 atom stereocenters. The van der Waals surface area contributed by atoms with Crippen LogP contribution in [0.2, 0.25) is 0 Å². The van der Waals surface area contributed by atoms with Crippen molar-refractivity contribution in [1.82, 2.24) is 0 Å². The monoisotopic (exact) mass is 223 g/mol. The van der Waals surface area contributed by atoms with E-state index in [1.54, 1.807) is 24.3 Å². The van der Waals surface area contributed by atoms with Crippen LogP contribution in [0.1, 0.15) is 25.0 Å². The molecule has 0 saturated carbocycles. The minimum Gasteiger partial charge on any atom is -0.481 e. The van der Waals surface area contributed by atoms with Gasteiger partial charge in [-0.25, -0.2) is 0 Å². The summed E-state index contributed by atoms with van der Waals surface area (Å²) in [6, 6.07) is 6.47. The average molecular weight is 223 g/mol. The van der Waals surface area contributed by atoms with E-state index in [0.717, 1.165) is 0 Å². The number of aliphatic carboxylic acids is 1. The fourth-order valence-electron chi connectivity index (χ4n) is 1.31. The van der Waals surface area contributed by atoms with Gasteiger partial charge < -0.3 is 15.5 Å². The van der Waals surface area contributed by atoms with Gasteiger partial charge in [-0.05, 0) is 17.7 Å². The molecule has 16 heavy (non-hydrogen) atoms. The lowest BCUT2D eigenvalue weighted by Crippen LogP contribution is -2.08. The molecule has 5 nitrogen and oxygen atoms in total. The second-order valence-corrected chi connectivity index (χ2v) is 3.42. The number of carbonyl (C=O) groups is 2. The van der Waals surface area contributed by atoms with Gasteiger partial charge >= 0.3 is 5.97 Å². The molecule has 0 aromatic heterocycles. The molecule has 1 aromatic rings. The number of amides is 1. The topological polar surface area (TPSA) is 86.6 Å². The molecule has 0 saturated heterocycles. The van der Waals surface area contributed by atoms with Gasteiger partial charge in [0, 0.05) is 12.6 Å². The van der Waals surface area contributed by atoms with Crippen molar-refractivity contribution in [3.63, 3.8) is 0 Å². The highest BCUT2D eigenvalue weighted by molar-refractivity contribution is 5.88. The Morgan fingerprint density at radius 2 is 2.12 bits per heavy atom. The van der Waals surface area contributed by atoms with Crippen molar-refractivity contribution in [2.45, 2.75) is 19.4 Å². The number of aliphatic hydroxyl groups is 1. The molecule has 0 spiro atoms. The maximum atomic E-state index is 10.8. The lowest BCUT2D eigenvalue weighted by molar-refractivity contribution is -0.139. The van der Waals surface area contributed by atoms with Gasteiger partial charge in [0.25, 0.3) is 0 Å². The van der Waals surface area contributed by atoms with Crippen molar-refractivity contribution in [2.24, 2.45) is 0 Å². The van der Waals surface area contributed by atoms with Gasteiger partial charge in [0.05, 0.1) is 12.5 Å². The summed E-state index contributed by atoms with van der Waals surface area (Å²) in [6.07, 6.45) is -1.42. The first-order valence-corrected chi connectivity index (χ1v) is 4.76. The zero-order chi connectivity index (χ0) is 12.1. The molecule has 0 aliphatic heterocycles. The molecular formula is C11H13NO4. The van der Waals surface area contributed by atoms with Gasteiger partial charge in [0.2, 0.25) is 5.91 Å². The molecule has 3 N–H and O–H groups in total. The number of anilines is 1. The van der Waals surface area contributed by atoms with E-state index in [1.165, 1.54) is 6.92 Å². The van der Waals surface area contributed by atoms with E-state index in [4.69, 9.17) is 5.11 Å². The van der Waals surface area contributed by atoms with Crippen LogP contribution in [-0.2, 0) is 9.59 Å². The largest absolute Gasteiger partial charge is 0.481 e. The predicted molar refractivity (Wildman–Crippen MR) is 58.0 cm³/mol. The van der Waals surface area contributed by atoms with E-state index in [1.807, 2.05) is 0 Å². The van der Waals surface area contributed by atoms with Crippen molar-refractivity contribution >= 4 is 17.6 Å². The smallest absolute Gasteiger partial charge is 0.306 e. The standard InChI is InChI=1S/C11H13NO4/c1-7(13)12-9-4-2-3-8(5-9)10(14)6-11(15)16/h2-5,10,14H,6H2,1H3,(H,12,13)(H,15,16)/t10-/m1/s1. The fourth-order valence-corrected chi connectivity index (χ4v) is 1.31. The summed E-state index contributed by atoms with van der Waals surface area (Å²) >= 11 is 0. The van der Waals surface area contributed by atoms with Crippen LogP contribution in [0.5, 0.6) is 0 Å². The zero-order valence-electron chi connectivity index (χ0n) is 8.80. The van der Waals surface area contributed by atoms with E-state index < -0.39 is 12.1 Å². The summed E-state index contributed by atoms with van der Waals surface area (Å²) in [5, 5.41) is 20.6. The van der Waals surface area contributed by atoms with E-state index in [2.05, 4.69) is 5.32 Å². The van der Waals surface area contributed by atoms with Crippen LogP contribution in [0.3, 0.4) is 0 Å². The third-order valence-corrected chi connectivity index (χ3v) is 1.96. The van der Waals surface area contributed by atoms with Gasteiger partial charge in [0.1, 0.15) is 0 Å². The van der Waals surface area contributed by atoms with Crippen molar-refractivity contribution < 1.29 is 19.8 Å². The quantitative estimate of drug-likeness (QED) is 0.714. The number of rotatable bonds is 4. The number of benzene rings is 1. The van der Waals surface area contributed by atoms with Crippen LogP contribution in [-0.4, -0.2) is 22.1 Å². The van der Waals surface area contributed by atoms with Gasteiger partial charge in [-0.1, -0.05) is 12.1 Å². The van der Waals surface area contributed by atoms with Crippen LogP contribution in [0.25, 0.3) is 0 Å². The number of carboxylic acids is 1. The highest BCUT2D eigenvalue weighted by atomic mass is 16.4. The number of hydrogen-bond acceptors (Lipinski definition) is 3. The Bertz CT molecular complexity index is 403. The van der Waals surface area contributed by atoms with Gasteiger partial charge in [-0.3, -0.25) is 9.59 Å². The highest BCUT2D eigenvalue weighted by Crippen LogP contribution is 2.20. The van der Waals surface area contributed by atoms with Crippen LogP contribution in [0.15, 0.2) is 24.3 Å². The minimum atomic E-state index is -1.07. The first kappa shape index (κ1) is 12.2. The summed E-state index contributed by atoms with van der Waals surface area (Å²) < 4.78 is 0. The summed E-state index contributed by atoms with van der Waals surface area (Å²) in [6.45, 7) is 1.38. The fraction of sp³-hybridized carbons (Fsp3) is 0.273. The van der Waals surface area contributed by atoms with Crippen LogP contribution in [0.4, 0.5) is 5.69 Å². The molecule has 86 valence electrons. The van der Waals surface area contributed by atoms with Crippen LogP contribution >= 0.6 is 0 Å². The maximum Gasteiger partial charge on any atom is 0.306 e. The average Bonchev–Trinajstić information content (AvgIpc) is 2.16. The van der Waals surface area contributed by atoms with Crippen molar-refractivity contribution in [2.75, 3.05) is 5.32 Å². The zero-order valence-corrected chi connectivity index (χ0v) is 8.80. The van der Waals surface area contributed by atoms with Crippen molar-refractivity contribution in [1.29, 1.82) is 0 Å². The molecule has 0 bridgehead atoms. The Morgan fingerprint density at radius 1 is 1.44 bits per heavy atom. The second-order valence-electron chi connectivity index (χ2n) is 3.42. The molecule has 1 aromatic carbocycles. The first-order chi connectivity index (χ1) is 7.49. The highest BCUT2D eigenvalue weighted by Gasteiger charge is 2.12. The Hall–Kier alpha value is -1.88. The molecule has 0 unspecified atom stereocenters. The Morgan fingerprint density at radius 3 is 2.69 bits per heavy atom. The summed E-state index contributed by atoms with van der Waals surface area (Å²) in [5.74, 6) is -1.29. The molecule has 0 aliphatic rings. The maximum absolute atomic E-state index is 10.8. The SMILES string of the molecule is CC(=O)Nc1cccc([C@H](O)CC(=O)O)c1. The number of carbonyl (C=O) groups excluding carboxylic acids is 1. The minimum absolute atomic E-state index is 0.218. The molecule has 0 heterocycles. The molecule has 1 amide bonds. The van der Waals surface area contributed by atoms with Crippen molar-refractivity contribution in [3.05, 3.63) is 29.8 Å². The number of carboxylic acid groups (broad SMARTS) is 1. The third kappa shape index (κ3) is 3.70. The number of nitrogens with one attached hydrogen (secondary N) is 1. The molecule has 0 fully saturated rings. The Labute approximate surface area is 92.7 Å². The van der Waals surface area contributed by atoms with E-state index in [9.17, 15) is 14.7 Å². The summed E-state index contributed by atoms with van der Waals surface area (Å²) in [5.41, 5.74) is 1.00. The normalized spacial score (nSPS) is 11.9. The van der Waals surface area contributed by atoms with Crippen LogP contribution < -0.4 is 5.32 Å². The first-order valence-electron chi connectivity index (χ1n) is 4.76. The van der Waals surface area contributed by atoms with E-state index >= 15 is 0 Å². The van der Waals surface area contributed by atoms with Gasteiger partial charge in [0.15, 0.2) is 0 Å².